The number of pyridine rings is 1. The largest absolute Gasteiger partial charge is 0.277 e. The van der Waals surface area contributed by atoms with Gasteiger partial charge in [-0.2, -0.15) is 0 Å². The molecule has 0 aliphatic heterocycles. The molecule has 0 atom stereocenters. The summed E-state index contributed by atoms with van der Waals surface area (Å²) >= 11 is 6.17. The van der Waals surface area contributed by atoms with Crippen LogP contribution in [0.5, 0.6) is 0 Å². The first kappa shape index (κ1) is 14.3. The summed E-state index contributed by atoms with van der Waals surface area (Å²) in [4.78, 5) is 9.55. The fourth-order valence-corrected chi connectivity index (χ4v) is 2.89. The van der Waals surface area contributed by atoms with Crippen LogP contribution >= 0.6 is 11.6 Å². The smallest absolute Gasteiger partial charge is 0.0920 e. The van der Waals surface area contributed by atoms with E-state index in [-0.39, 0.29) is 5.54 Å². The van der Waals surface area contributed by atoms with Crippen molar-refractivity contribution in [3.8, 4) is 0 Å². The molecule has 0 saturated carbocycles. The zero-order chi connectivity index (χ0) is 15.0. The lowest BCUT2D eigenvalue weighted by atomic mass is 9.99. The van der Waals surface area contributed by atoms with Gasteiger partial charge in [0.25, 0.3) is 0 Å². The fraction of sp³-hybridized carbons (Fsp3) is 0.333. The van der Waals surface area contributed by atoms with E-state index in [1.807, 2.05) is 18.3 Å². The van der Waals surface area contributed by atoms with Crippen LogP contribution in [0.15, 0.2) is 41.5 Å². The topological polar surface area (TPSA) is 25.2 Å². The lowest BCUT2D eigenvalue weighted by Gasteiger charge is -2.17. The molecule has 1 aliphatic rings. The number of hydrogen-bond acceptors (Lipinski definition) is 2. The SMILES string of the molecule is CC(C)(C)N=C1c2ccc(Cl)cc2CCc2cccnc21. The van der Waals surface area contributed by atoms with Crippen LogP contribution in [0.1, 0.15) is 43.2 Å². The fourth-order valence-electron chi connectivity index (χ4n) is 2.70. The van der Waals surface area contributed by atoms with E-state index in [4.69, 9.17) is 16.6 Å². The van der Waals surface area contributed by atoms with E-state index in [0.717, 1.165) is 34.8 Å². The average molecular weight is 299 g/mol. The lowest BCUT2D eigenvalue weighted by molar-refractivity contribution is 0.584. The van der Waals surface area contributed by atoms with Crippen molar-refractivity contribution in [2.24, 2.45) is 4.99 Å². The third-order valence-corrected chi connectivity index (χ3v) is 3.78. The van der Waals surface area contributed by atoms with Crippen molar-refractivity contribution >= 4 is 17.3 Å². The molecule has 1 aromatic heterocycles. The van der Waals surface area contributed by atoms with Gasteiger partial charge in [0.15, 0.2) is 0 Å². The van der Waals surface area contributed by atoms with Crippen molar-refractivity contribution in [1.82, 2.24) is 4.98 Å². The Labute approximate surface area is 130 Å². The Hall–Kier alpha value is -1.67. The maximum atomic E-state index is 6.17. The van der Waals surface area contributed by atoms with Gasteiger partial charge in [-0.25, -0.2) is 0 Å². The van der Waals surface area contributed by atoms with Crippen molar-refractivity contribution in [1.29, 1.82) is 0 Å². The van der Waals surface area contributed by atoms with Crippen LogP contribution < -0.4 is 0 Å². The first-order chi connectivity index (χ1) is 9.94. The Morgan fingerprint density at radius 3 is 2.62 bits per heavy atom. The Balaban J connectivity index is 2.28. The zero-order valence-corrected chi connectivity index (χ0v) is 13.4. The summed E-state index contributed by atoms with van der Waals surface area (Å²) in [6.45, 7) is 6.34. The second kappa shape index (κ2) is 5.27. The number of rotatable bonds is 0. The number of aryl methyl sites for hydroxylation is 2. The second-order valence-electron chi connectivity index (χ2n) is 6.44. The van der Waals surface area contributed by atoms with E-state index in [2.05, 4.69) is 44.0 Å². The van der Waals surface area contributed by atoms with Gasteiger partial charge in [0.1, 0.15) is 0 Å². The molecule has 21 heavy (non-hydrogen) atoms. The van der Waals surface area contributed by atoms with E-state index in [1.54, 1.807) is 0 Å². The summed E-state index contributed by atoms with van der Waals surface area (Å²) in [5.74, 6) is 0. The molecule has 0 N–H and O–H groups in total. The van der Waals surface area contributed by atoms with Gasteiger partial charge in [0.2, 0.25) is 0 Å². The first-order valence-electron chi connectivity index (χ1n) is 7.27. The van der Waals surface area contributed by atoms with Crippen LogP contribution in [0.2, 0.25) is 5.02 Å². The van der Waals surface area contributed by atoms with Gasteiger partial charge < -0.3 is 0 Å². The van der Waals surface area contributed by atoms with E-state index >= 15 is 0 Å². The molecular weight excluding hydrogens is 280 g/mol. The average Bonchev–Trinajstić information content (AvgIpc) is 2.56. The van der Waals surface area contributed by atoms with Crippen molar-refractivity contribution in [3.05, 3.63) is 63.9 Å². The Morgan fingerprint density at radius 2 is 1.86 bits per heavy atom. The zero-order valence-electron chi connectivity index (χ0n) is 12.7. The molecule has 0 bridgehead atoms. The van der Waals surface area contributed by atoms with E-state index in [0.29, 0.717) is 0 Å². The minimum atomic E-state index is -0.147. The quantitative estimate of drug-likeness (QED) is 0.704. The molecule has 0 amide bonds. The normalized spacial score (nSPS) is 16.3. The monoisotopic (exact) mass is 298 g/mol. The van der Waals surface area contributed by atoms with Gasteiger partial charge in [-0.15, -0.1) is 0 Å². The predicted molar refractivity (Wildman–Crippen MR) is 88.5 cm³/mol. The van der Waals surface area contributed by atoms with Gasteiger partial charge in [-0.3, -0.25) is 9.98 Å². The molecule has 3 rings (SSSR count). The number of hydrogen-bond donors (Lipinski definition) is 0. The molecule has 3 heteroatoms. The van der Waals surface area contributed by atoms with Gasteiger partial charge >= 0.3 is 0 Å². The van der Waals surface area contributed by atoms with Gasteiger partial charge in [0, 0.05) is 16.8 Å². The van der Waals surface area contributed by atoms with Crippen LogP contribution in [0.4, 0.5) is 0 Å². The summed E-state index contributed by atoms with van der Waals surface area (Å²) < 4.78 is 0. The Morgan fingerprint density at radius 1 is 1.10 bits per heavy atom. The third kappa shape index (κ3) is 3.01. The molecule has 2 nitrogen and oxygen atoms in total. The van der Waals surface area contributed by atoms with Crippen LogP contribution in [0.3, 0.4) is 0 Å². The Bertz CT molecular complexity index is 711. The highest BCUT2D eigenvalue weighted by atomic mass is 35.5. The predicted octanol–water partition coefficient (Wildman–Crippen LogP) is 4.47. The summed E-state index contributed by atoms with van der Waals surface area (Å²) in [5.41, 5.74) is 5.52. The van der Waals surface area contributed by atoms with Gasteiger partial charge in [-0.05, 0) is 62.9 Å². The molecular formula is C18H19ClN2. The van der Waals surface area contributed by atoms with Gasteiger partial charge in [0.05, 0.1) is 16.9 Å². The highest BCUT2D eigenvalue weighted by Crippen LogP contribution is 2.27. The summed E-state index contributed by atoms with van der Waals surface area (Å²) in [6, 6.07) is 10.2. The first-order valence-corrected chi connectivity index (χ1v) is 7.65. The minimum Gasteiger partial charge on any atom is -0.277 e. The molecule has 0 saturated heterocycles. The molecule has 0 fully saturated rings. The number of benzene rings is 1. The van der Waals surface area contributed by atoms with Crippen molar-refractivity contribution in [2.45, 2.75) is 39.2 Å². The molecule has 1 aliphatic carbocycles. The summed E-state index contributed by atoms with van der Waals surface area (Å²) in [6.07, 6.45) is 3.79. The molecule has 1 heterocycles. The van der Waals surface area contributed by atoms with Gasteiger partial charge in [-0.1, -0.05) is 23.7 Å². The number of aromatic nitrogens is 1. The van der Waals surface area contributed by atoms with E-state index in [1.165, 1.54) is 11.1 Å². The van der Waals surface area contributed by atoms with E-state index < -0.39 is 0 Å². The van der Waals surface area contributed by atoms with Crippen LogP contribution in [0, 0.1) is 0 Å². The minimum absolute atomic E-state index is 0.147. The molecule has 108 valence electrons. The van der Waals surface area contributed by atoms with Crippen molar-refractivity contribution in [3.63, 3.8) is 0 Å². The maximum Gasteiger partial charge on any atom is 0.0920 e. The summed E-state index contributed by atoms with van der Waals surface area (Å²) in [5, 5.41) is 0.780. The lowest BCUT2D eigenvalue weighted by Crippen LogP contribution is -2.18. The molecule has 2 aromatic rings. The summed E-state index contributed by atoms with van der Waals surface area (Å²) in [7, 11) is 0. The molecule has 0 unspecified atom stereocenters. The van der Waals surface area contributed by atoms with E-state index in [9.17, 15) is 0 Å². The van der Waals surface area contributed by atoms with Crippen molar-refractivity contribution in [2.75, 3.05) is 0 Å². The Kier molecular flexibility index (Phi) is 3.58. The number of aliphatic imine (C=N–C) groups is 1. The molecule has 0 radical (unpaired) electrons. The highest BCUT2D eigenvalue weighted by Gasteiger charge is 2.22. The third-order valence-electron chi connectivity index (χ3n) is 3.55. The van der Waals surface area contributed by atoms with Crippen LogP contribution in [0.25, 0.3) is 0 Å². The maximum absolute atomic E-state index is 6.17. The number of fused-ring (bicyclic) bond motifs is 2. The number of halogens is 1. The van der Waals surface area contributed by atoms with Crippen molar-refractivity contribution < 1.29 is 0 Å². The standard InChI is InChI=1S/C18H19ClN2/c1-18(2,3)21-17-15-9-8-14(19)11-13(15)7-6-12-5-4-10-20-16(12)17/h4-5,8-11H,6-7H2,1-3H3. The van der Waals surface area contributed by atoms with Crippen LogP contribution in [-0.2, 0) is 12.8 Å². The highest BCUT2D eigenvalue weighted by molar-refractivity contribution is 6.31. The second-order valence-corrected chi connectivity index (χ2v) is 6.88. The van der Waals surface area contributed by atoms with Crippen LogP contribution in [-0.4, -0.2) is 16.2 Å². The number of nitrogens with zero attached hydrogens (tertiary/aromatic N) is 2. The molecule has 0 spiro atoms. The molecule has 1 aromatic carbocycles.